The zero-order valence-corrected chi connectivity index (χ0v) is 11.8. The average Bonchev–Trinajstić information content (AvgIpc) is 2.44. The topological polar surface area (TPSA) is 89.5 Å². The molecule has 0 fully saturated rings. The second-order valence-corrected chi connectivity index (χ2v) is 3.90. The maximum Gasteiger partial charge on any atom is 0.326 e. The Morgan fingerprint density at radius 3 is 2.75 bits per heavy atom. The number of esters is 2. The highest BCUT2D eigenvalue weighted by Gasteiger charge is 2.08. The van der Waals surface area contributed by atoms with Crippen LogP contribution in [0.2, 0.25) is 0 Å². The quantitative estimate of drug-likeness (QED) is 0.533. The SMILES string of the molecule is CNCC(=O)OCc1cccnc1NCC(=O)OCCl. The number of pyridine rings is 1. The van der Waals surface area contributed by atoms with Gasteiger partial charge in [0.25, 0.3) is 0 Å². The molecule has 1 rings (SSSR count). The molecule has 0 amide bonds. The second-order valence-electron chi connectivity index (χ2n) is 3.68. The fraction of sp³-hybridized carbons (Fsp3) is 0.417. The van der Waals surface area contributed by atoms with E-state index in [0.29, 0.717) is 11.4 Å². The number of halogens is 1. The summed E-state index contributed by atoms with van der Waals surface area (Å²) in [6, 6.07) is 3.26. The van der Waals surface area contributed by atoms with Gasteiger partial charge in [-0.1, -0.05) is 17.7 Å². The third-order valence-corrected chi connectivity index (χ3v) is 2.33. The Kier molecular flexibility index (Phi) is 7.38. The fourth-order valence-corrected chi connectivity index (χ4v) is 1.46. The smallest absolute Gasteiger partial charge is 0.326 e. The van der Waals surface area contributed by atoms with Gasteiger partial charge < -0.3 is 20.1 Å². The fourth-order valence-electron chi connectivity index (χ4n) is 1.34. The third kappa shape index (κ3) is 5.85. The lowest BCUT2D eigenvalue weighted by molar-refractivity contribution is -0.143. The van der Waals surface area contributed by atoms with Gasteiger partial charge in [-0.15, -0.1) is 0 Å². The number of hydrogen-bond acceptors (Lipinski definition) is 7. The van der Waals surface area contributed by atoms with Crippen LogP contribution in [-0.2, 0) is 25.7 Å². The van der Waals surface area contributed by atoms with E-state index in [0.717, 1.165) is 0 Å². The lowest BCUT2D eigenvalue weighted by atomic mass is 10.2. The molecule has 1 aromatic heterocycles. The third-order valence-electron chi connectivity index (χ3n) is 2.22. The van der Waals surface area contributed by atoms with Gasteiger partial charge in [0.05, 0.1) is 6.54 Å². The molecular weight excluding hydrogens is 286 g/mol. The van der Waals surface area contributed by atoms with Gasteiger partial charge in [-0.05, 0) is 13.1 Å². The molecule has 0 spiro atoms. The first-order chi connectivity index (χ1) is 9.67. The van der Waals surface area contributed by atoms with E-state index >= 15 is 0 Å². The Hall–Kier alpha value is -1.86. The van der Waals surface area contributed by atoms with Crippen LogP contribution in [-0.4, -0.2) is 43.1 Å². The number of alkyl halides is 1. The molecule has 0 aliphatic heterocycles. The number of likely N-dealkylation sites (N-methyl/N-ethyl adjacent to an activating group) is 1. The van der Waals surface area contributed by atoms with Crippen molar-refractivity contribution in [1.82, 2.24) is 10.3 Å². The molecule has 0 saturated heterocycles. The van der Waals surface area contributed by atoms with Crippen LogP contribution in [0, 0.1) is 0 Å². The van der Waals surface area contributed by atoms with E-state index in [4.69, 9.17) is 16.3 Å². The number of nitrogens with zero attached hydrogens (tertiary/aromatic N) is 1. The number of anilines is 1. The summed E-state index contributed by atoms with van der Waals surface area (Å²) in [5.74, 6) is -0.413. The molecule has 0 atom stereocenters. The van der Waals surface area contributed by atoms with Crippen molar-refractivity contribution in [2.45, 2.75) is 6.61 Å². The van der Waals surface area contributed by atoms with Crippen molar-refractivity contribution in [2.75, 3.05) is 31.5 Å². The van der Waals surface area contributed by atoms with Gasteiger partial charge in [-0.3, -0.25) is 9.59 Å². The monoisotopic (exact) mass is 301 g/mol. The summed E-state index contributed by atoms with van der Waals surface area (Å²) in [7, 11) is 1.65. The predicted molar refractivity (Wildman–Crippen MR) is 73.3 cm³/mol. The molecule has 0 aliphatic carbocycles. The summed E-state index contributed by atoms with van der Waals surface area (Å²) in [4.78, 5) is 26.5. The Labute approximate surface area is 121 Å². The van der Waals surface area contributed by atoms with E-state index < -0.39 is 5.97 Å². The van der Waals surface area contributed by atoms with Crippen molar-refractivity contribution >= 4 is 29.4 Å². The molecule has 8 heteroatoms. The predicted octanol–water partition coefficient (Wildman–Crippen LogP) is 0.496. The largest absolute Gasteiger partial charge is 0.460 e. The molecule has 0 saturated carbocycles. The Bertz CT molecular complexity index is 415. The van der Waals surface area contributed by atoms with Crippen LogP contribution in [0.3, 0.4) is 0 Å². The maximum absolute atomic E-state index is 11.3. The molecule has 1 aromatic rings. The van der Waals surface area contributed by atoms with E-state index in [1.807, 2.05) is 0 Å². The molecule has 20 heavy (non-hydrogen) atoms. The number of nitrogens with one attached hydrogen (secondary N) is 2. The summed E-state index contributed by atoms with van der Waals surface area (Å²) in [6.45, 7) is 0.132. The molecule has 0 bridgehead atoms. The number of hydrogen-bond donors (Lipinski definition) is 2. The van der Waals surface area contributed by atoms with E-state index in [1.165, 1.54) is 0 Å². The Morgan fingerprint density at radius 1 is 1.30 bits per heavy atom. The van der Waals surface area contributed by atoms with Gasteiger partial charge in [0.2, 0.25) is 0 Å². The molecule has 1 heterocycles. The minimum absolute atomic E-state index is 0.0683. The lowest BCUT2D eigenvalue weighted by Crippen LogP contribution is -2.21. The van der Waals surface area contributed by atoms with Crippen LogP contribution in [0.1, 0.15) is 5.56 Å². The zero-order valence-electron chi connectivity index (χ0n) is 11.0. The molecule has 2 N–H and O–H groups in total. The van der Waals surface area contributed by atoms with Gasteiger partial charge >= 0.3 is 11.9 Å². The van der Waals surface area contributed by atoms with Gasteiger partial charge in [0.1, 0.15) is 19.0 Å². The minimum atomic E-state index is -0.496. The first-order valence-electron chi connectivity index (χ1n) is 5.87. The molecular formula is C12H16ClN3O4. The van der Waals surface area contributed by atoms with Crippen molar-refractivity contribution < 1.29 is 19.1 Å². The lowest BCUT2D eigenvalue weighted by Gasteiger charge is -2.10. The zero-order chi connectivity index (χ0) is 14.8. The summed E-state index contributed by atoms with van der Waals surface area (Å²) >= 11 is 5.27. The van der Waals surface area contributed by atoms with Crippen LogP contribution in [0.15, 0.2) is 18.3 Å². The molecule has 0 aromatic carbocycles. The van der Waals surface area contributed by atoms with E-state index in [-0.39, 0.29) is 31.7 Å². The average molecular weight is 302 g/mol. The van der Waals surface area contributed by atoms with Crippen LogP contribution in [0.5, 0.6) is 0 Å². The van der Waals surface area contributed by atoms with Crippen LogP contribution < -0.4 is 10.6 Å². The number of ether oxygens (including phenoxy) is 2. The standard InChI is InChI=1S/C12H16ClN3O4/c1-14-5-10(17)19-7-9-3-2-4-15-12(9)16-6-11(18)20-8-13/h2-4,14H,5-8H2,1H3,(H,15,16). The first kappa shape index (κ1) is 16.2. The molecule has 7 nitrogen and oxygen atoms in total. The summed E-state index contributed by atoms with van der Waals surface area (Å²) in [5, 5.41) is 5.50. The normalized spacial score (nSPS) is 9.90. The number of aromatic nitrogens is 1. The van der Waals surface area contributed by atoms with Gasteiger partial charge in [0.15, 0.2) is 6.07 Å². The maximum atomic E-state index is 11.3. The summed E-state index contributed by atoms with van der Waals surface area (Å²) < 4.78 is 9.62. The second kappa shape index (κ2) is 9.11. The molecule has 110 valence electrons. The highest BCUT2D eigenvalue weighted by atomic mass is 35.5. The van der Waals surface area contributed by atoms with Crippen LogP contribution in [0.25, 0.3) is 0 Å². The van der Waals surface area contributed by atoms with Crippen molar-refractivity contribution in [3.05, 3.63) is 23.9 Å². The van der Waals surface area contributed by atoms with Gasteiger partial charge in [-0.2, -0.15) is 0 Å². The number of carbonyl (C=O) groups is 2. The van der Waals surface area contributed by atoms with Crippen molar-refractivity contribution in [3.63, 3.8) is 0 Å². The number of carbonyl (C=O) groups excluding carboxylic acids is 2. The minimum Gasteiger partial charge on any atom is -0.460 e. The van der Waals surface area contributed by atoms with E-state index in [9.17, 15) is 9.59 Å². The summed E-state index contributed by atoms with van der Waals surface area (Å²) in [6.07, 6.45) is 1.56. The Morgan fingerprint density at radius 2 is 2.05 bits per heavy atom. The Balaban J connectivity index is 2.54. The molecule has 0 aliphatic rings. The highest BCUT2D eigenvalue weighted by Crippen LogP contribution is 2.12. The van der Waals surface area contributed by atoms with Gasteiger partial charge in [-0.25, -0.2) is 4.98 Å². The highest BCUT2D eigenvalue weighted by molar-refractivity contribution is 6.17. The van der Waals surface area contributed by atoms with E-state index in [2.05, 4.69) is 20.4 Å². The van der Waals surface area contributed by atoms with Crippen LogP contribution >= 0.6 is 11.6 Å². The van der Waals surface area contributed by atoms with E-state index in [1.54, 1.807) is 25.4 Å². The first-order valence-corrected chi connectivity index (χ1v) is 6.40. The molecule has 0 unspecified atom stereocenters. The number of rotatable bonds is 8. The molecule has 0 radical (unpaired) electrons. The summed E-state index contributed by atoms with van der Waals surface area (Å²) in [5.41, 5.74) is 0.663. The van der Waals surface area contributed by atoms with Crippen LogP contribution in [0.4, 0.5) is 5.82 Å². The van der Waals surface area contributed by atoms with Crippen molar-refractivity contribution in [2.24, 2.45) is 0 Å². The van der Waals surface area contributed by atoms with Crippen molar-refractivity contribution in [1.29, 1.82) is 0 Å². The van der Waals surface area contributed by atoms with Crippen molar-refractivity contribution in [3.8, 4) is 0 Å². The van der Waals surface area contributed by atoms with Gasteiger partial charge in [0, 0.05) is 11.8 Å².